The maximum absolute atomic E-state index is 5.86. The second-order valence-electron chi connectivity index (χ2n) is 4.46. The summed E-state index contributed by atoms with van der Waals surface area (Å²) in [4.78, 5) is 8.26. The predicted octanol–water partition coefficient (Wildman–Crippen LogP) is 2.56. The number of hydrogen-bond donors (Lipinski definition) is 2. The quantitative estimate of drug-likeness (QED) is 0.429. The van der Waals surface area contributed by atoms with Crippen LogP contribution < -0.4 is 10.6 Å². The molecule has 2 N–H and O–H groups in total. The van der Waals surface area contributed by atoms with Crippen LogP contribution in [0, 0.1) is 6.92 Å². The molecular formula is C14H19ClIN5O. The van der Waals surface area contributed by atoms with E-state index >= 15 is 0 Å². The van der Waals surface area contributed by atoms with Crippen LogP contribution in [0.3, 0.4) is 0 Å². The molecule has 1 aromatic heterocycles. The van der Waals surface area contributed by atoms with Gasteiger partial charge >= 0.3 is 0 Å². The third kappa shape index (κ3) is 6.18. The number of benzene rings is 1. The van der Waals surface area contributed by atoms with E-state index in [0.29, 0.717) is 24.2 Å². The van der Waals surface area contributed by atoms with Crippen molar-refractivity contribution in [1.29, 1.82) is 0 Å². The summed E-state index contributed by atoms with van der Waals surface area (Å²) in [6, 6.07) is 7.81. The number of nitrogens with zero attached hydrogens (tertiary/aromatic N) is 3. The Hall–Kier alpha value is -1.35. The molecule has 0 unspecified atom stereocenters. The first-order valence-corrected chi connectivity index (χ1v) is 7.03. The van der Waals surface area contributed by atoms with E-state index in [1.165, 1.54) is 5.56 Å². The van der Waals surface area contributed by atoms with E-state index < -0.39 is 0 Å². The van der Waals surface area contributed by atoms with Gasteiger partial charge in [0.15, 0.2) is 11.8 Å². The molecule has 2 rings (SSSR count). The predicted molar refractivity (Wildman–Crippen MR) is 97.8 cm³/mol. The number of rotatable bonds is 5. The van der Waals surface area contributed by atoms with Crippen LogP contribution in [0.5, 0.6) is 0 Å². The molecule has 0 aliphatic heterocycles. The SMILES string of the molecule is CN=C(NCCc1ccc(Cl)cc1)NCc1nc(C)no1.I. The van der Waals surface area contributed by atoms with Crippen molar-refractivity contribution in [2.45, 2.75) is 19.9 Å². The average molecular weight is 436 g/mol. The third-order valence-electron chi connectivity index (χ3n) is 2.82. The summed E-state index contributed by atoms with van der Waals surface area (Å²) in [5, 5.41) is 10.8. The van der Waals surface area contributed by atoms with E-state index in [4.69, 9.17) is 16.1 Å². The van der Waals surface area contributed by atoms with Gasteiger partial charge in [-0.2, -0.15) is 4.98 Å². The van der Waals surface area contributed by atoms with Gasteiger partial charge in [-0.05, 0) is 31.0 Å². The zero-order valence-corrected chi connectivity index (χ0v) is 15.6. The molecule has 0 spiro atoms. The highest BCUT2D eigenvalue weighted by atomic mass is 127. The van der Waals surface area contributed by atoms with Gasteiger partial charge < -0.3 is 15.2 Å². The van der Waals surface area contributed by atoms with Crippen molar-refractivity contribution in [3.05, 3.63) is 46.6 Å². The zero-order valence-electron chi connectivity index (χ0n) is 12.5. The molecule has 8 heteroatoms. The molecule has 0 aliphatic carbocycles. The molecule has 6 nitrogen and oxygen atoms in total. The standard InChI is InChI=1S/C14H18ClN5O.HI/c1-10-19-13(21-20-10)9-18-14(16-2)17-8-7-11-3-5-12(15)6-4-11;/h3-6H,7-9H2,1-2H3,(H2,16,17,18);1H. The molecule has 0 saturated carbocycles. The van der Waals surface area contributed by atoms with Crippen LogP contribution in [0.2, 0.25) is 5.02 Å². The molecule has 0 amide bonds. The number of hydrogen-bond acceptors (Lipinski definition) is 4. The fourth-order valence-electron chi connectivity index (χ4n) is 1.77. The number of aryl methyl sites for hydroxylation is 1. The Morgan fingerprint density at radius 1 is 1.27 bits per heavy atom. The fourth-order valence-corrected chi connectivity index (χ4v) is 1.89. The first-order valence-electron chi connectivity index (χ1n) is 6.65. The normalized spacial score (nSPS) is 11.0. The van der Waals surface area contributed by atoms with Gasteiger partial charge in [0.1, 0.15) is 0 Å². The highest BCUT2D eigenvalue weighted by Gasteiger charge is 2.04. The van der Waals surface area contributed by atoms with Crippen molar-refractivity contribution in [1.82, 2.24) is 20.8 Å². The van der Waals surface area contributed by atoms with Crippen LogP contribution >= 0.6 is 35.6 Å². The molecule has 0 saturated heterocycles. The van der Waals surface area contributed by atoms with Crippen LogP contribution in [0.25, 0.3) is 0 Å². The molecule has 22 heavy (non-hydrogen) atoms. The third-order valence-corrected chi connectivity index (χ3v) is 3.07. The van der Waals surface area contributed by atoms with Crippen LogP contribution in [-0.4, -0.2) is 29.7 Å². The van der Waals surface area contributed by atoms with E-state index in [1.807, 2.05) is 24.3 Å². The second kappa shape index (κ2) is 9.62. The number of halogens is 2. The van der Waals surface area contributed by atoms with Crippen molar-refractivity contribution in [2.24, 2.45) is 4.99 Å². The molecule has 0 bridgehead atoms. The maximum atomic E-state index is 5.86. The fraction of sp³-hybridized carbons (Fsp3) is 0.357. The summed E-state index contributed by atoms with van der Waals surface area (Å²) < 4.78 is 5.03. The van der Waals surface area contributed by atoms with E-state index in [1.54, 1.807) is 14.0 Å². The first-order chi connectivity index (χ1) is 10.2. The van der Waals surface area contributed by atoms with Crippen molar-refractivity contribution in [2.75, 3.05) is 13.6 Å². The van der Waals surface area contributed by atoms with E-state index in [-0.39, 0.29) is 24.0 Å². The van der Waals surface area contributed by atoms with Crippen LogP contribution in [0.15, 0.2) is 33.8 Å². The molecule has 2 aromatic rings. The largest absolute Gasteiger partial charge is 0.356 e. The average Bonchev–Trinajstić information content (AvgIpc) is 2.90. The van der Waals surface area contributed by atoms with E-state index in [2.05, 4.69) is 25.8 Å². The number of aromatic nitrogens is 2. The Labute approximate surface area is 151 Å². The molecular weight excluding hydrogens is 417 g/mol. The van der Waals surface area contributed by atoms with Gasteiger partial charge in [-0.25, -0.2) is 0 Å². The summed E-state index contributed by atoms with van der Waals surface area (Å²) in [5.74, 6) is 1.85. The lowest BCUT2D eigenvalue weighted by Crippen LogP contribution is -2.37. The van der Waals surface area contributed by atoms with Gasteiger partial charge in [-0.3, -0.25) is 4.99 Å². The second-order valence-corrected chi connectivity index (χ2v) is 4.90. The first kappa shape index (κ1) is 18.7. The van der Waals surface area contributed by atoms with Crippen molar-refractivity contribution in [3.63, 3.8) is 0 Å². The number of aliphatic imine (C=N–C) groups is 1. The van der Waals surface area contributed by atoms with Crippen molar-refractivity contribution < 1.29 is 4.52 Å². The minimum absolute atomic E-state index is 0. The summed E-state index contributed by atoms with van der Waals surface area (Å²) in [7, 11) is 1.72. The lowest BCUT2D eigenvalue weighted by Gasteiger charge is -2.10. The minimum Gasteiger partial charge on any atom is -0.356 e. The minimum atomic E-state index is 0. The van der Waals surface area contributed by atoms with Crippen LogP contribution in [0.4, 0.5) is 0 Å². The molecule has 0 fully saturated rings. The Morgan fingerprint density at radius 3 is 2.59 bits per heavy atom. The van der Waals surface area contributed by atoms with Crippen molar-refractivity contribution in [3.8, 4) is 0 Å². The van der Waals surface area contributed by atoms with Crippen LogP contribution in [-0.2, 0) is 13.0 Å². The Kier molecular flexibility index (Phi) is 8.18. The molecule has 0 radical (unpaired) electrons. The number of nitrogens with one attached hydrogen (secondary N) is 2. The van der Waals surface area contributed by atoms with Gasteiger partial charge in [0.2, 0.25) is 5.89 Å². The summed E-state index contributed by atoms with van der Waals surface area (Å²) >= 11 is 5.86. The van der Waals surface area contributed by atoms with E-state index in [9.17, 15) is 0 Å². The lowest BCUT2D eigenvalue weighted by atomic mass is 10.1. The molecule has 1 heterocycles. The molecule has 0 aliphatic rings. The van der Waals surface area contributed by atoms with Gasteiger partial charge in [0.25, 0.3) is 0 Å². The highest BCUT2D eigenvalue weighted by molar-refractivity contribution is 14.0. The lowest BCUT2D eigenvalue weighted by molar-refractivity contribution is 0.371. The Balaban J connectivity index is 0.00000242. The van der Waals surface area contributed by atoms with Crippen LogP contribution in [0.1, 0.15) is 17.3 Å². The Morgan fingerprint density at radius 2 is 2.00 bits per heavy atom. The van der Waals surface area contributed by atoms with Gasteiger partial charge in [-0.1, -0.05) is 28.9 Å². The zero-order chi connectivity index (χ0) is 15.1. The molecule has 1 aromatic carbocycles. The topological polar surface area (TPSA) is 75.3 Å². The van der Waals surface area contributed by atoms with Crippen molar-refractivity contribution >= 4 is 41.5 Å². The van der Waals surface area contributed by atoms with E-state index in [0.717, 1.165) is 18.0 Å². The Bertz CT molecular complexity index is 600. The summed E-state index contributed by atoms with van der Waals surface area (Å²) in [5.41, 5.74) is 1.22. The smallest absolute Gasteiger partial charge is 0.246 e. The number of guanidine groups is 1. The molecule has 120 valence electrons. The van der Waals surface area contributed by atoms with Gasteiger partial charge in [-0.15, -0.1) is 24.0 Å². The summed E-state index contributed by atoms with van der Waals surface area (Å²) in [6.07, 6.45) is 0.886. The monoisotopic (exact) mass is 435 g/mol. The van der Waals surface area contributed by atoms with Gasteiger partial charge in [0.05, 0.1) is 6.54 Å². The molecule has 0 atom stereocenters. The maximum Gasteiger partial charge on any atom is 0.246 e. The summed E-state index contributed by atoms with van der Waals surface area (Å²) in [6.45, 7) is 3.00. The van der Waals surface area contributed by atoms with Gasteiger partial charge in [0, 0.05) is 18.6 Å². The highest BCUT2D eigenvalue weighted by Crippen LogP contribution is 2.09.